The van der Waals surface area contributed by atoms with Gasteiger partial charge in [-0.3, -0.25) is 4.79 Å². The highest BCUT2D eigenvalue weighted by Crippen LogP contribution is 2.20. The number of hydrogen-bond acceptors (Lipinski definition) is 3. The number of para-hydroxylation sites is 1. The van der Waals surface area contributed by atoms with Gasteiger partial charge in [-0.2, -0.15) is 0 Å². The summed E-state index contributed by atoms with van der Waals surface area (Å²) in [5.41, 5.74) is 0.876. The summed E-state index contributed by atoms with van der Waals surface area (Å²) in [6.45, 7) is 1.56. The molecule has 114 valence electrons. The topological polar surface area (TPSA) is 45.5 Å². The summed E-state index contributed by atoms with van der Waals surface area (Å²) < 4.78 is 5.75. The highest BCUT2D eigenvalue weighted by Gasteiger charge is 2.20. The molecule has 4 nitrogen and oxygen atoms in total. The van der Waals surface area contributed by atoms with Crippen molar-refractivity contribution in [3.05, 3.63) is 36.1 Å². The Morgan fingerprint density at radius 1 is 1.43 bits per heavy atom. The lowest BCUT2D eigenvalue weighted by atomic mass is 10.1. The number of fused-ring (bicyclic) bond motifs is 1. The number of nitrogens with one attached hydrogen (secondary N) is 1. The SMILES string of the molecule is CN(Cc1cc2ccccc2o1)C(=O)CC1CCCN1.Cl. The molecule has 0 saturated carbocycles. The van der Waals surface area contributed by atoms with Gasteiger partial charge in [-0.05, 0) is 31.5 Å². The first-order chi connectivity index (χ1) is 9.72. The molecule has 1 unspecified atom stereocenters. The van der Waals surface area contributed by atoms with Gasteiger partial charge in [-0.25, -0.2) is 0 Å². The van der Waals surface area contributed by atoms with Crippen LogP contribution in [0.4, 0.5) is 0 Å². The van der Waals surface area contributed by atoms with Crippen molar-refractivity contribution in [3.63, 3.8) is 0 Å². The Morgan fingerprint density at radius 3 is 2.95 bits per heavy atom. The van der Waals surface area contributed by atoms with Crippen LogP contribution in [0.5, 0.6) is 0 Å². The molecule has 0 spiro atoms. The molecule has 0 radical (unpaired) electrons. The molecule has 0 aliphatic carbocycles. The van der Waals surface area contributed by atoms with Crippen LogP contribution in [0.15, 0.2) is 34.7 Å². The van der Waals surface area contributed by atoms with Crippen LogP contribution >= 0.6 is 12.4 Å². The van der Waals surface area contributed by atoms with Gasteiger partial charge in [0.05, 0.1) is 6.54 Å². The largest absolute Gasteiger partial charge is 0.459 e. The molecule has 21 heavy (non-hydrogen) atoms. The standard InChI is InChI=1S/C16H20N2O2.ClH/c1-18(16(19)10-13-6-4-8-17-13)11-14-9-12-5-2-3-7-15(12)20-14;/h2-3,5,7,9,13,17H,4,6,8,10-11H2,1H3;1H. The Kier molecular flexibility index (Phi) is 5.26. The van der Waals surface area contributed by atoms with E-state index in [1.807, 2.05) is 37.4 Å². The molecule has 2 heterocycles. The van der Waals surface area contributed by atoms with Gasteiger partial charge >= 0.3 is 0 Å². The minimum absolute atomic E-state index is 0. The van der Waals surface area contributed by atoms with Gasteiger partial charge in [-0.1, -0.05) is 18.2 Å². The summed E-state index contributed by atoms with van der Waals surface area (Å²) >= 11 is 0. The Bertz CT molecular complexity index is 572. The van der Waals surface area contributed by atoms with E-state index in [-0.39, 0.29) is 18.3 Å². The number of benzene rings is 1. The molecule has 3 rings (SSSR count). The van der Waals surface area contributed by atoms with Crippen LogP contribution in [-0.2, 0) is 11.3 Å². The van der Waals surface area contributed by atoms with Crippen LogP contribution in [0.1, 0.15) is 25.0 Å². The second kappa shape index (κ2) is 6.96. The maximum atomic E-state index is 12.2. The average Bonchev–Trinajstić information content (AvgIpc) is 3.06. The van der Waals surface area contributed by atoms with Crippen molar-refractivity contribution < 1.29 is 9.21 Å². The normalized spacial score (nSPS) is 17.7. The van der Waals surface area contributed by atoms with E-state index >= 15 is 0 Å². The highest BCUT2D eigenvalue weighted by molar-refractivity contribution is 5.85. The first-order valence-electron chi connectivity index (χ1n) is 7.17. The van der Waals surface area contributed by atoms with Gasteiger partial charge in [0.25, 0.3) is 0 Å². The molecule has 5 heteroatoms. The number of carbonyl (C=O) groups excluding carboxylic acids is 1. The van der Waals surface area contributed by atoms with E-state index < -0.39 is 0 Å². The van der Waals surface area contributed by atoms with Crippen LogP contribution in [0, 0.1) is 0 Å². The van der Waals surface area contributed by atoms with E-state index in [4.69, 9.17) is 4.42 Å². The van der Waals surface area contributed by atoms with Gasteiger partial charge in [0.1, 0.15) is 11.3 Å². The lowest BCUT2D eigenvalue weighted by Crippen LogP contribution is -2.33. The number of amides is 1. The minimum Gasteiger partial charge on any atom is -0.459 e. The average molecular weight is 309 g/mol. The van der Waals surface area contributed by atoms with E-state index in [1.165, 1.54) is 6.42 Å². The van der Waals surface area contributed by atoms with E-state index in [9.17, 15) is 4.79 Å². The van der Waals surface area contributed by atoms with E-state index in [0.29, 0.717) is 19.0 Å². The molecular formula is C16H21ClN2O2. The second-order valence-corrected chi connectivity index (χ2v) is 5.50. The van der Waals surface area contributed by atoms with E-state index in [2.05, 4.69) is 5.32 Å². The Morgan fingerprint density at radius 2 is 2.24 bits per heavy atom. The fourth-order valence-electron chi connectivity index (χ4n) is 2.73. The molecule has 1 aromatic heterocycles. The molecule has 1 saturated heterocycles. The van der Waals surface area contributed by atoms with Gasteiger partial charge in [0.2, 0.25) is 5.91 Å². The fraction of sp³-hybridized carbons (Fsp3) is 0.438. The highest BCUT2D eigenvalue weighted by atomic mass is 35.5. The molecular weight excluding hydrogens is 288 g/mol. The number of nitrogens with zero attached hydrogens (tertiary/aromatic N) is 1. The molecule has 2 aromatic rings. The molecule has 1 atom stereocenters. The zero-order chi connectivity index (χ0) is 13.9. The van der Waals surface area contributed by atoms with Crippen molar-refractivity contribution in [2.45, 2.75) is 31.8 Å². The third-order valence-electron chi connectivity index (χ3n) is 3.88. The second-order valence-electron chi connectivity index (χ2n) is 5.50. The van der Waals surface area contributed by atoms with Crippen LogP contribution in [-0.4, -0.2) is 30.4 Å². The van der Waals surface area contributed by atoms with Crippen molar-refractivity contribution in [3.8, 4) is 0 Å². The molecule has 1 aliphatic rings. The lowest BCUT2D eigenvalue weighted by Gasteiger charge is -2.18. The molecule has 1 aromatic carbocycles. The van der Waals surface area contributed by atoms with Crippen molar-refractivity contribution in [1.29, 1.82) is 0 Å². The van der Waals surface area contributed by atoms with Crippen molar-refractivity contribution >= 4 is 29.3 Å². The summed E-state index contributed by atoms with van der Waals surface area (Å²) in [6.07, 6.45) is 2.85. The van der Waals surface area contributed by atoms with Gasteiger partial charge in [-0.15, -0.1) is 12.4 Å². The maximum absolute atomic E-state index is 12.2. The minimum atomic E-state index is 0. The van der Waals surface area contributed by atoms with E-state index in [0.717, 1.165) is 29.7 Å². The fourth-order valence-corrected chi connectivity index (χ4v) is 2.73. The number of carbonyl (C=O) groups is 1. The lowest BCUT2D eigenvalue weighted by molar-refractivity contribution is -0.131. The van der Waals surface area contributed by atoms with Crippen LogP contribution in [0.3, 0.4) is 0 Å². The summed E-state index contributed by atoms with van der Waals surface area (Å²) in [4.78, 5) is 13.9. The number of rotatable bonds is 4. The van der Waals surface area contributed by atoms with Crippen LogP contribution in [0.2, 0.25) is 0 Å². The number of furan rings is 1. The van der Waals surface area contributed by atoms with E-state index in [1.54, 1.807) is 4.90 Å². The monoisotopic (exact) mass is 308 g/mol. The predicted molar refractivity (Wildman–Crippen MR) is 85.6 cm³/mol. The zero-order valence-electron chi connectivity index (χ0n) is 12.2. The third kappa shape index (κ3) is 3.77. The summed E-state index contributed by atoms with van der Waals surface area (Å²) in [6, 6.07) is 10.3. The van der Waals surface area contributed by atoms with Gasteiger partial charge < -0.3 is 14.6 Å². The summed E-state index contributed by atoms with van der Waals surface area (Å²) in [7, 11) is 1.84. The Labute approximate surface area is 130 Å². The van der Waals surface area contributed by atoms with Gasteiger partial charge in [0.15, 0.2) is 0 Å². The molecule has 1 aliphatic heterocycles. The molecule has 0 bridgehead atoms. The van der Waals surface area contributed by atoms with Crippen molar-refractivity contribution in [2.24, 2.45) is 0 Å². The first kappa shape index (κ1) is 15.9. The summed E-state index contributed by atoms with van der Waals surface area (Å²) in [5, 5.41) is 4.44. The maximum Gasteiger partial charge on any atom is 0.224 e. The van der Waals surface area contributed by atoms with Crippen molar-refractivity contribution in [1.82, 2.24) is 10.2 Å². The van der Waals surface area contributed by atoms with Gasteiger partial charge in [0, 0.05) is 24.9 Å². The predicted octanol–water partition coefficient (Wildman–Crippen LogP) is 2.96. The summed E-state index contributed by atoms with van der Waals surface area (Å²) in [5.74, 6) is 1.01. The third-order valence-corrected chi connectivity index (χ3v) is 3.88. The van der Waals surface area contributed by atoms with Crippen molar-refractivity contribution in [2.75, 3.05) is 13.6 Å². The Hall–Kier alpha value is -1.52. The number of halogens is 1. The molecule has 1 N–H and O–H groups in total. The Balaban J connectivity index is 0.00000161. The molecule has 1 fully saturated rings. The molecule has 1 amide bonds. The van der Waals surface area contributed by atoms with Crippen LogP contribution < -0.4 is 5.32 Å². The quantitative estimate of drug-likeness (QED) is 0.944. The van der Waals surface area contributed by atoms with Crippen LogP contribution in [0.25, 0.3) is 11.0 Å². The smallest absolute Gasteiger partial charge is 0.224 e. The number of hydrogen-bond donors (Lipinski definition) is 1. The zero-order valence-corrected chi connectivity index (χ0v) is 13.0. The first-order valence-corrected chi connectivity index (χ1v) is 7.17.